The molecule has 0 aliphatic carbocycles. The van der Waals surface area contributed by atoms with E-state index in [0.29, 0.717) is 0 Å². The van der Waals surface area contributed by atoms with Gasteiger partial charge in [-0.3, -0.25) is 0 Å². The zero-order valence-corrected chi connectivity index (χ0v) is 7.35. The van der Waals surface area contributed by atoms with E-state index in [0.717, 1.165) is 4.88 Å². The van der Waals surface area contributed by atoms with Crippen LogP contribution >= 0.6 is 11.3 Å². The third-order valence-corrected chi connectivity index (χ3v) is 2.12. The fraction of sp³-hybridized carbons (Fsp3) is 0. The van der Waals surface area contributed by atoms with Gasteiger partial charge in [0, 0.05) is 4.88 Å². The Balaban J connectivity index is 2.19. The van der Waals surface area contributed by atoms with Gasteiger partial charge in [0.25, 0.3) is 5.95 Å². The summed E-state index contributed by atoms with van der Waals surface area (Å²) < 4.78 is 0. The summed E-state index contributed by atoms with van der Waals surface area (Å²) in [5.41, 5.74) is 5.40. The van der Waals surface area contributed by atoms with Crippen LogP contribution in [0.3, 0.4) is 0 Å². The average Bonchev–Trinajstić information content (AvgIpc) is 2.72. The van der Waals surface area contributed by atoms with Crippen molar-refractivity contribution < 1.29 is 0 Å². The Morgan fingerprint density at radius 2 is 2.54 bits per heavy atom. The fourth-order valence-corrected chi connectivity index (χ4v) is 1.33. The molecule has 0 unspecified atom stereocenters. The topological polar surface area (TPSA) is 82.0 Å². The monoisotopic (exact) mass is 194 g/mol. The molecule has 0 amide bonds. The molecule has 66 valence electrons. The van der Waals surface area contributed by atoms with Crippen molar-refractivity contribution in [1.29, 1.82) is 0 Å². The van der Waals surface area contributed by atoms with Crippen LogP contribution in [0.2, 0.25) is 0 Å². The Morgan fingerprint density at radius 1 is 1.62 bits per heavy atom. The van der Waals surface area contributed by atoms with E-state index in [4.69, 9.17) is 5.73 Å². The summed E-state index contributed by atoms with van der Waals surface area (Å²) in [7, 11) is 0. The first-order valence-electron chi connectivity index (χ1n) is 3.48. The predicted molar refractivity (Wildman–Crippen MR) is 49.5 cm³/mol. The normalized spacial score (nSPS) is 11.1. The molecular formula is C6H6N6S. The van der Waals surface area contributed by atoms with Gasteiger partial charge in [0.05, 0.1) is 6.21 Å². The van der Waals surface area contributed by atoms with Gasteiger partial charge >= 0.3 is 0 Å². The second-order valence-electron chi connectivity index (χ2n) is 2.19. The summed E-state index contributed by atoms with van der Waals surface area (Å²) in [6.07, 6.45) is 1.65. The SMILES string of the molecule is Nc1nnnn1N=Cc1cccs1. The van der Waals surface area contributed by atoms with E-state index in [1.165, 1.54) is 4.79 Å². The molecule has 2 aromatic rings. The molecule has 2 N–H and O–H groups in total. The molecule has 0 atom stereocenters. The second kappa shape index (κ2) is 3.31. The van der Waals surface area contributed by atoms with Crippen LogP contribution in [0.15, 0.2) is 22.6 Å². The molecule has 2 aromatic heterocycles. The van der Waals surface area contributed by atoms with Gasteiger partial charge in [-0.05, 0) is 21.9 Å². The highest BCUT2D eigenvalue weighted by molar-refractivity contribution is 7.11. The van der Waals surface area contributed by atoms with E-state index in [1.54, 1.807) is 17.6 Å². The van der Waals surface area contributed by atoms with E-state index in [1.807, 2.05) is 17.5 Å². The number of thiophene rings is 1. The van der Waals surface area contributed by atoms with Gasteiger partial charge in [0.1, 0.15) is 0 Å². The van der Waals surface area contributed by atoms with Crippen molar-refractivity contribution in [3.05, 3.63) is 22.4 Å². The fourth-order valence-electron chi connectivity index (χ4n) is 0.748. The number of hydrogen-bond acceptors (Lipinski definition) is 6. The maximum absolute atomic E-state index is 5.40. The molecule has 0 aromatic carbocycles. The zero-order chi connectivity index (χ0) is 9.10. The maximum atomic E-state index is 5.40. The van der Waals surface area contributed by atoms with Gasteiger partial charge in [-0.2, -0.15) is 5.10 Å². The van der Waals surface area contributed by atoms with Crippen LogP contribution in [-0.2, 0) is 0 Å². The van der Waals surface area contributed by atoms with Crippen molar-refractivity contribution in [2.75, 3.05) is 5.73 Å². The van der Waals surface area contributed by atoms with Crippen LogP contribution in [0.5, 0.6) is 0 Å². The quantitative estimate of drug-likeness (QED) is 0.692. The van der Waals surface area contributed by atoms with Gasteiger partial charge in [-0.25, -0.2) is 0 Å². The Kier molecular flexibility index (Phi) is 2.01. The zero-order valence-electron chi connectivity index (χ0n) is 6.53. The van der Waals surface area contributed by atoms with Crippen LogP contribution in [-0.4, -0.2) is 26.5 Å². The highest BCUT2D eigenvalue weighted by Crippen LogP contribution is 2.04. The summed E-state index contributed by atoms with van der Waals surface area (Å²) in [6.45, 7) is 0. The molecule has 13 heavy (non-hydrogen) atoms. The predicted octanol–water partition coefficient (Wildman–Crippen LogP) is 0.199. The number of anilines is 1. The van der Waals surface area contributed by atoms with Crippen molar-refractivity contribution in [1.82, 2.24) is 20.3 Å². The number of hydrogen-bond donors (Lipinski definition) is 1. The van der Waals surface area contributed by atoms with E-state index in [2.05, 4.69) is 20.6 Å². The lowest BCUT2D eigenvalue weighted by atomic mass is 10.5. The van der Waals surface area contributed by atoms with E-state index < -0.39 is 0 Å². The highest BCUT2D eigenvalue weighted by atomic mass is 32.1. The van der Waals surface area contributed by atoms with Gasteiger partial charge in [-0.15, -0.1) is 11.3 Å². The van der Waals surface area contributed by atoms with E-state index >= 15 is 0 Å². The molecule has 0 saturated heterocycles. The number of aromatic nitrogens is 4. The molecule has 7 heteroatoms. The summed E-state index contributed by atoms with van der Waals surface area (Å²) in [5.74, 6) is 0.174. The summed E-state index contributed by atoms with van der Waals surface area (Å²) in [6, 6.07) is 3.88. The lowest BCUT2D eigenvalue weighted by Crippen LogP contribution is -1.99. The Bertz CT molecular complexity index is 402. The molecule has 0 radical (unpaired) electrons. The molecule has 0 fully saturated rings. The molecule has 0 bridgehead atoms. The molecule has 0 saturated carbocycles. The minimum Gasteiger partial charge on any atom is -0.365 e. The third kappa shape index (κ3) is 1.70. The van der Waals surface area contributed by atoms with E-state index in [9.17, 15) is 0 Å². The van der Waals surface area contributed by atoms with Crippen LogP contribution in [0.1, 0.15) is 4.88 Å². The van der Waals surface area contributed by atoms with Crippen molar-refractivity contribution in [3.8, 4) is 0 Å². The minimum atomic E-state index is 0.174. The molecule has 0 aliphatic rings. The van der Waals surface area contributed by atoms with Crippen molar-refractivity contribution >= 4 is 23.5 Å². The molecule has 2 rings (SSSR count). The van der Waals surface area contributed by atoms with Gasteiger partial charge in [-0.1, -0.05) is 16.0 Å². The Morgan fingerprint density at radius 3 is 3.15 bits per heavy atom. The smallest absolute Gasteiger partial charge is 0.263 e. The first kappa shape index (κ1) is 7.87. The van der Waals surface area contributed by atoms with Crippen molar-refractivity contribution in [2.24, 2.45) is 5.10 Å². The number of nitrogen functional groups attached to an aromatic ring is 1. The van der Waals surface area contributed by atoms with Gasteiger partial charge in [0.15, 0.2) is 0 Å². The highest BCUT2D eigenvalue weighted by Gasteiger charge is 1.96. The van der Waals surface area contributed by atoms with Crippen LogP contribution in [0, 0.1) is 0 Å². The lowest BCUT2D eigenvalue weighted by Gasteiger charge is -1.88. The second-order valence-corrected chi connectivity index (χ2v) is 3.17. The number of nitrogens with two attached hydrogens (primary N) is 1. The Labute approximate surface area is 77.7 Å². The number of rotatable bonds is 2. The molecule has 0 spiro atoms. The third-order valence-electron chi connectivity index (χ3n) is 1.31. The maximum Gasteiger partial charge on any atom is 0.263 e. The van der Waals surface area contributed by atoms with Crippen LogP contribution in [0.4, 0.5) is 5.95 Å². The van der Waals surface area contributed by atoms with Gasteiger partial charge < -0.3 is 5.73 Å². The number of tetrazole rings is 1. The molecule has 6 nitrogen and oxygen atoms in total. The summed E-state index contributed by atoms with van der Waals surface area (Å²) >= 11 is 1.58. The average molecular weight is 194 g/mol. The minimum absolute atomic E-state index is 0.174. The van der Waals surface area contributed by atoms with Crippen LogP contribution < -0.4 is 5.73 Å². The summed E-state index contributed by atoms with van der Waals surface area (Å²) in [5, 5.41) is 16.3. The molecular weight excluding hydrogens is 188 g/mol. The first-order valence-corrected chi connectivity index (χ1v) is 4.36. The van der Waals surface area contributed by atoms with Crippen molar-refractivity contribution in [2.45, 2.75) is 0 Å². The standard InChI is InChI=1S/C6H6N6S/c7-6-9-10-11-12(6)8-4-5-2-1-3-13-5/h1-4H,(H2,7,9,11). The molecule has 2 heterocycles. The van der Waals surface area contributed by atoms with Gasteiger partial charge in [0.2, 0.25) is 0 Å². The summed E-state index contributed by atoms with van der Waals surface area (Å²) in [4.78, 5) is 2.19. The lowest BCUT2D eigenvalue weighted by molar-refractivity contribution is 0.700. The van der Waals surface area contributed by atoms with Crippen molar-refractivity contribution in [3.63, 3.8) is 0 Å². The van der Waals surface area contributed by atoms with Crippen LogP contribution in [0.25, 0.3) is 0 Å². The Hall–Kier alpha value is -1.76. The first-order chi connectivity index (χ1) is 6.36. The van der Waals surface area contributed by atoms with E-state index in [-0.39, 0.29) is 5.95 Å². The number of nitrogens with zero attached hydrogens (tertiary/aromatic N) is 5. The molecule has 0 aliphatic heterocycles. The largest absolute Gasteiger partial charge is 0.365 e.